The van der Waals surface area contributed by atoms with Crippen LogP contribution >= 0.6 is 11.3 Å². The molecular weight excluding hydrogens is 318 g/mol. The average molecular weight is 335 g/mol. The third-order valence-electron chi connectivity index (χ3n) is 4.38. The zero-order chi connectivity index (χ0) is 15.8. The summed E-state index contributed by atoms with van der Waals surface area (Å²) in [4.78, 5) is 6.08. The van der Waals surface area contributed by atoms with E-state index in [0.717, 1.165) is 19.3 Å². The molecule has 1 aliphatic carbocycles. The van der Waals surface area contributed by atoms with Gasteiger partial charge in [0.05, 0.1) is 5.69 Å². The van der Waals surface area contributed by atoms with Crippen LogP contribution in [0.5, 0.6) is 5.19 Å². The predicted molar refractivity (Wildman–Crippen MR) is 86.9 cm³/mol. The summed E-state index contributed by atoms with van der Waals surface area (Å²) in [5.41, 5.74) is 1.07. The summed E-state index contributed by atoms with van der Waals surface area (Å²) >= 11 is 1.37. The van der Waals surface area contributed by atoms with Crippen molar-refractivity contribution in [3.8, 4) is 16.5 Å². The van der Waals surface area contributed by atoms with Crippen LogP contribution in [-0.4, -0.2) is 24.2 Å². The largest absolute Gasteiger partial charge is 0.467 e. The maximum Gasteiger partial charge on any atom is 0.273 e. The van der Waals surface area contributed by atoms with Crippen LogP contribution in [0, 0.1) is 18.1 Å². The number of ether oxygens (including phenoxy) is 1. The lowest BCUT2D eigenvalue weighted by Gasteiger charge is -2.24. The van der Waals surface area contributed by atoms with E-state index < -0.39 is 11.6 Å². The highest BCUT2D eigenvalue weighted by atomic mass is 32.1. The molecule has 2 aromatic rings. The van der Waals surface area contributed by atoms with E-state index in [1.54, 1.807) is 10.3 Å². The molecular formula is C17H17F2N2OS. The van der Waals surface area contributed by atoms with Crippen molar-refractivity contribution in [1.82, 2.24) is 4.98 Å². The van der Waals surface area contributed by atoms with Crippen LogP contribution in [0.3, 0.4) is 0 Å². The quantitative estimate of drug-likeness (QED) is 0.826. The molecule has 1 saturated heterocycles. The van der Waals surface area contributed by atoms with Crippen LogP contribution < -0.4 is 9.64 Å². The van der Waals surface area contributed by atoms with E-state index >= 15 is 0 Å². The van der Waals surface area contributed by atoms with Crippen LogP contribution in [0.2, 0.25) is 0 Å². The van der Waals surface area contributed by atoms with Crippen molar-refractivity contribution in [2.24, 2.45) is 0 Å². The Labute approximate surface area is 137 Å². The molecule has 0 amide bonds. The third-order valence-corrected chi connectivity index (χ3v) is 5.11. The molecule has 2 aliphatic rings. The maximum absolute atomic E-state index is 14.4. The number of halogens is 2. The second-order valence-corrected chi connectivity index (χ2v) is 6.80. The second kappa shape index (κ2) is 6.07. The molecule has 6 heteroatoms. The highest BCUT2D eigenvalue weighted by Crippen LogP contribution is 2.34. The summed E-state index contributed by atoms with van der Waals surface area (Å²) in [6.45, 7) is 1.24. The fraction of sp³-hybridized carbons (Fsp3) is 0.412. The number of hydrogen-bond acceptors (Lipinski definition) is 4. The maximum atomic E-state index is 14.4. The van der Waals surface area contributed by atoms with E-state index in [1.165, 1.54) is 29.9 Å². The summed E-state index contributed by atoms with van der Waals surface area (Å²) in [5, 5.41) is 2.36. The van der Waals surface area contributed by atoms with Crippen molar-refractivity contribution in [2.75, 3.05) is 18.0 Å². The Kier molecular flexibility index (Phi) is 3.93. The number of nitrogens with zero attached hydrogens (tertiary/aromatic N) is 2. The molecule has 0 atom stereocenters. The first kappa shape index (κ1) is 14.9. The predicted octanol–water partition coefficient (Wildman–Crippen LogP) is 4.43. The van der Waals surface area contributed by atoms with Gasteiger partial charge in [-0.05, 0) is 44.2 Å². The van der Waals surface area contributed by atoms with Crippen molar-refractivity contribution in [3.63, 3.8) is 0 Å². The molecule has 23 heavy (non-hydrogen) atoms. The van der Waals surface area contributed by atoms with Gasteiger partial charge in [0.25, 0.3) is 5.19 Å². The van der Waals surface area contributed by atoms with Gasteiger partial charge in [-0.2, -0.15) is 0 Å². The van der Waals surface area contributed by atoms with Gasteiger partial charge in [0.2, 0.25) is 0 Å². The normalized spacial score (nSPS) is 18.3. The Morgan fingerprint density at radius 3 is 2.61 bits per heavy atom. The van der Waals surface area contributed by atoms with E-state index in [1.807, 2.05) is 6.42 Å². The molecule has 0 unspecified atom stereocenters. The van der Waals surface area contributed by atoms with Crippen LogP contribution in [-0.2, 0) is 0 Å². The minimum absolute atomic E-state index is 0.0590. The lowest BCUT2D eigenvalue weighted by atomic mass is 9.96. The molecule has 1 aliphatic heterocycles. The molecule has 1 saturated carbocycles. The number of benzene rings is 1. The van der Waals surface area contributed by atoms with Crippen molar-refractivity contribution in [2.45, 2.75) is 31.8 Å². The zero-order valence-electron chi connectivity index (χ0n) is 12.6. The molecule has 2 heterocycles. The Morgan fingerprint density at radius 2 is 2.00 bits per heavy atom. The Hall–Kier alpha value is -1.69. The summed E-state index contributed by atoms with van der Waals surface area (Å²) in [7, 11) is 0. The van der Waals surface area contributed by atoms with E-state index in [4.69, 9.17) is 4.74 Å². The van der Waals surface area contributed by atoms with Crippen LogP contribution in [0.1, 0.15) is 25.7 Å². The molecule has 2 fully saturated rings. The SMILES string of the molecule is Fc1cc(-c2csc(OC3CCC3)n2)cc(F)c1N1C[CH]CC1. The van der Waals surface area contributed by atoms with Gasteiger partial charge in [-0.3, -0.25) is 0 Å². The van der Waals surface area contributed by atoms with Crippen molar-refractivity contribution in [3.05, 3.63) is 35.6 Å². The van der Waals surface area contributed by atoms with Crippen LogP contribution in [0.25, 0.3) is 11.3 Å². The first-order valence-electron chi connectivity index (χ1n) is 7.89. The van der Waals surface area contributed by atoms with E-state index in [0.29, 0.717) is 29.5 Å². The van der Waals surface area contributed by atoms with Gasteiger partial charge in [-0.25, -0.2) is 13.8 Å². The number of thiazole rings is 1. The zero-order valence-corrected chi connectivity index (χ0v) is 13.4. The summed E-state index contributed by atoms with van der Waals surface area (Å²) in [5.74, 6) is -1.07. The summed E-state index contributed by atoms with van der Waals surface area (Å²) in [6.07, 6.45) is 6.43. The molecule has 1 radical (unpaired) electrons. The van der Waals surface area contributed by atoms with Gasteiger partial charge < -0.3 is 9.64 Å². The van der Waals surface area contributed by atoms with E-state index in [2.05, 4.69) is 4.98 Å². The molecule has 121 valence electrons. The molecule has 0 spiro atoms. The number of aromatic nitrogens is 1. The fourth-order valence-corrected chi connectivity index (χ4v) is 3.62. The van der Waals surface area contributed by atoms with Crippen molar-refractivity contribution >= 4 is 17.0 Å². The van der Waals surface area contributed by atoms with Crippen LogP contribution in [0.15, 0.2) is 17.5 Å². The van der Waals surface area contributed by atoms with Gasteiger partial charge in [0, 0.05) is 24.0 Å². The van der Waals surface area contributed by atoms with Gasteiger partial charge in [-0.1, -0.05) is 11.3 Å². The topological polar surface area (TPSA) is 25.4 Å². The highest BCUT2D eigenvalue weighted by molar-refractivity contribution is 7.11. The minimum atomic E-state index is -0.537. The number of rotatable bonds is 4. The summed E-state index contributed by atoms with van der Waals surface area (Å²) < 4.78 is 34.5. The van der Waals surface area contributed by atoms with Gasteiger partial charge in [0.15, 0.2) is 0 Å². The van der Waals surface area contributed by atoms with E-state index in [9.17, 15) is 8.78 Å². The van der Waals surface area contributed by atoms with E-state index in [-0.39, 0.29) is 11.8 Å². The van der Waals surface area contributed by atoms with Crippen molar-refractivity contribution in [1.29, 1.82) is 0 Å². The second-order valence-electron chi connectivity index (χ2n) is 5.98. The first-order chi connectivity index (χ1) is 11.2. The average Bonchev–Trinajstić information content (AvgIpc) is 3.14. The van der Waals surface area contributed by atoms with Crippen molar-refractivity contribution < 1.29 is 13.5 Å². The molecule has 4 rings (SSSR count). The third kappa shape index (κ3) is 2.92. The number of hydrogen-bond donors (Lipinski definition) is 0. The minimum Gasteiger partial charge on any atom is -0.467 e. The van der Waals surface area contributed by atoms with Gasteiger partial charge >= 0.3 is 0 Å². The Morgan fingerprint density at radius 1 is 1.22 bits per heavy atom. The molecule has 1 aromatic carbocycles. The molecule has 1 aromatic heterocycles. The van der Waals surface area contributed by atoms with Gasteiger partial charge in [-0.15, -0.1) is 0 Å². The lowest BCUT2D eigenvalue weighted by molar-refractivity contribution is 0.120. The molecule has 0 bridgehead atoms. The highest BCUT2D eigenvalue weighted by Gasteiger charge is 2.23. The van der Waals surface area contributed by atoms with Gasteiger partial charge in [0.1, 0.15) is 23.4 Å². The first-order valence-corrected chi connectivity index (χ1v) is 8.77. The Bertz CT molecular complexity index is 685. The Balaban J connectivity index is 1.59. The smallest absolute Gasteiger partial charge is 0.273 e. The van der Waals surface area contributed by atoms with Crippen LogP contribution in [0.4, 0.5) is 14.5 Å². The fourth-order valence-electron chi connectivity index (χ4n) is 2.88. The standard InChI is InChI=1S/C17H17F2N2OS/c18-13-8-11(9-14(19)16(13)21-6-1-2-7-21)15-10-23-17(20-15)22-12-4-3-5-12/h1,8-10,12H,2-7H2. The molecule has 0 N–H and O–H groups in total. The number of anilines is 1. The lowest BCUT2D eigenvalue weighted by Crippen LogP contribution is -2.24. The molecule has 3 nitrogen and oxygen atoms in total. The monoisotopic (exact) mass is 335 g/mol. The summed E-state index contributed by atoms with van der Waals surface area (Å²) in [6, 6.07) is 2.72.